The van der Waals surface area contributed by atoms with E-state index in [1.165, 1.54) is 11.1 Å². The molecule has 1 unspecified atom stereocenters. The molecule has 0 radical (unpaired) electrons. The summed E-state index contributed by atoms with van der Waals surface area (Å²) in [6.45, 7) is 0. The summed E-state index contributed by atoms with van der Waals surface area (Å²) >= 11 is 5.28. The first-order valence-corrected chi connectivity index (χ1v) is 8.64. The third-order valence-corrected chi connectivity index (χ3v) is 4.89. The van der Waals surface area contributed by atoms with Crippen LogP contribution in [-0.4, -0.2) is 24.0 Å². The molecule has 3 nitrogen and oxygen atoms in total. The quantitative estimate of drug-likeness (QED) is 0.864. The Morgan fingerprint density at radius 1 is 1.63 bits per heavy atom. The smallest absolute Gasteiger partial charge is 0.237 e. The molecule has 0 saturated carbocycles. The van der Waals surface area contributed by atoms with E-state index in [9.17, 15) is 4.79 Å². The minimum absolute atomic E-state index is 0.0353. The molecule has 1 aromatic carbocycles. The highest BCUT2D eigenvalue weighted by Crippen LogP contribution is 2.35. The van der Waals surface area contributed by atoms with Gasteiger partial charge in [0.2, 0.25) is 5.91 Å². The zero-order valence-corrected chi connectivity index (χ0v) is 13.4. The molecule has 0 fully saturated rings. The molecule has 3 N–H and O–H groups in total. The fourth-order valence-electron chi connectivity index (χ4n) is 2.41. The van der Waals surface area contributed by atoms with Crippen LogP contribution >= 0.6 is 27.7 Å². The maximum atomic E-state index is 12.0. The third-order valence-electron chi connectivity index (χ3n) is 3.50. The lowest BCUT2D eigenvalue weighted by Gasteiger charge is -2.17. The molecule has 1 aromatic rings. The van der Waals surface area contributed by atoms with E-state index < -0.39 is 6.04 Å². The maximum Gasteiger partial charge on any atom is 0.237 e. The van der Waals surface area contributed by atoms with E-state index in [4.69, 9.17) is 5.73 Å². The summed E-state index contributed by atoms with van der Waals surface area (Å²) in [5.74, 6) is 0.883. The molecule has 2 rings (SSSR count). The van der Waals surface area contributed by atoms with Crippen molar-refractivity contribution >= 4 is 33.6 Å². The second-order valence-corrected chi connectivity index (χ2v) is 6.64. The average molecular weight is 343 g/mol. The van der Waals surface area contributed by atoms with Crippen molar-refractivity contribution in [1.82, 2.24) is 5.32 Å². The zero-order chi connectivity index (χ0) is 13.8. The molecule has 1 aliphatic carbocycles. The highest BCUT2D eigenvalue weighted by atomic mass is 79.9. The second kappa shape index (κ2) is 6.77. The van der Waals surface area contributed by atoms with E-state index >= 15 is 0 Å². The molecule has 5 heteroatoms. The van der Waals surface area contributed by atoms with Crippen LogP contribution in [0.4, 0.5) is 0 Å². The number of carbonyl (C=O) groups excluding carboxylic acids is 1. The van der Waals surface area contributed by atoms with Crippen molar-refractivity contribution in [3.8, 4) is 0 Å². The largest absolute Gasteiger partial charge is 0.348 e. The van der Waals surface area contributed by atoms with Crippen molar-refractivity contribution in [1.29, 1.82) is 0 Å². The Labute approximate surface area is 126 Å². The number of nitrogens with two attached hydrogens (primary N) is 1. The number of carbonyl (C=O) groups is 1. The van der Waals surface area contributed by atoms with Gasteiger partial charge in [0.05, 0.1) is 12.1 Å². The Morgan fingerprint density at radius 2 is 2.42 bits per heavy atom. The molecule has 2 atom stereocenters. The van der Waals surface area contributed by atoms with Crippen LogP contribution in [0.1, 0.15) is 30.0 Å². The number of amides is 1. The molecule has 104 valence electrons. The van der Waals surface area contributed by atoms with Crippen LogP contribution in [0.2, 0.25) is 0 Å². The van der Waals surface area contributed by atoms with E-state index in [2.05, 4.69) is 27.3 Å². The van der Waals surface area contributed by atoms with Gasteiger partial charge in [0.25, 0.3) is 0 Å². The molecule has 0 spiro atoms. The number of rotatable bonds is 5. The van der Waals surface area contributed by atoms with Gasteiger partial charge in [-0.15, -0.1) is 0 Å². The Hall–Kier alpha value is -0.520. The van der Waals surface area contributed by atoms with Gasteiger partial charge in [0.1, 0.15) is 0 Å². The van der Waals surface area contributed by atoms with E-state index in [0.29, 0.717) is 0 Å². The van der Waals surface area contributed by atoms with Crippen LogP contribution in [0.25, 0.3) is 0 Å². The van der Waals surface area contributed by atoms with Gasteiger partial charge >= 0.3 is 0 Å². The van der Waals surface area contributed by atoms with Gasteiger partial charge in [0, 0.05) is 4.47 Å². The van der Waals surface area contributed by atoms with Crippen molar-refractivity contribution in [3.63, 3.8) is 0 Å². The van der Waals surface area contributed by atoms with Gasteiger partial charge in [-0.1, -0.05) is 28.1 Å². The Bertz CT molecular complexity index is 467. The summed E-state index contributed by atoms with van der Waals surface area (Å²) in [7, 11) is 0. The highest BCUT2D eigenvalue weighted by Gasteiger charge is 2.26. The molecule has 1 amide bonds. The molecular weight excluding hydrogens is 324 g/mol. The fraction of sp³-hybridized carbons (Fsp3) is 0.500. The Balaban J connectivity index is 1.99. The summed E-state index contributed by atoms with van der Waals surface area (Å²) in [6, 6.07) is 5.86. The SMILES string of the molecule is CSCC[C@H](N)C(=O)NC1CCc2c(Br)cccc21. The molecule has 19 heavy (non-hydrogen) atoms. The number of hydrogen-bond donors (Lipinski definition) is 2. The lowest BCUT2D eigenvalue weighted by atomic mass is 10.1. The highest BCUT2D eigenvalue weighted by molar-refractivity contribution is 9.10. The normalized spacial score (nSPS) is 19.0. The van der Waals surface area contributed by atoms with Gasteiger partial charge in [0.15, 0.2) is 0 Å². The lowest BCUT2D eigenvalue weighted by Crippen LogP contribution is -2.42. The van der Waals surface area contributed by atoms with Crippen molar-refractivity contribution < 1.29 is 4.79 Å². The number of halogens is 1. The monoisotopic (exact) mass is 342 g/mol. The number of nitrogens with one attached hydrogen (secondary N) is 1. The van der Waals surface area contributed by atoms with E-state index in [0.717, 1.165) is 29.5 Å². The molecule has 0 bridgehead atoms. The van der Waals surface area contributed by atoms with Crippen molar-refractivity contribution in [3.05, 3.63) is 33.8 Å². The molecule has 0 saturated heterocycles. The van der Waals surface area contributed by atoms with E-state index in [-0.39, 0.29) is 11.9 Å². The minimum Gasteiger partial charge on any atom is -0.348 e. The first-order valence-electron chi connectivity index (χ1n) is 6.45. The molecular formula is C14H19BrN2OS. The van der Waals surface area contributed by atoms with Crippen LogP contribution in [-0.2, 0) is 11.2 Å². The van der Waals surface area contributed by atoms with E-state index in [1.807, 2.05) is 18.4 Å². The predicted octanol–water partition coefficient (Wildman–Crippen LogP) is 2.63. The van der Waals surface area contributed by atoms with Gasteiger partial charge in [-0.25, -0.2) is 0 Å². The summed E-state index contributed by atoms with van der Waals surface area (Å²) in [6.07, 6.45) is 4.71. The average Bonchev–Trinajstić information content (AvgIpc) is 2.80. The topological polar surface area (TPSA) is 55.1 Å². The summed E-state index contributed by atoms with van der Waals surface area (Å²) < 4.78 is 1.13. The van der Waals surface area contributed by atoms with Crippen LogP contribution < -0.4 is 11.1 Å². The first-order chi connectivity index (χ1) is 9.13. The Kier molecular flexibility index (Phi) is 5.30. The number of benzene rings is 1. The lowest BCUT2D eigenvalue weighted by molar-refractivity contribution is -0.123. The van der Waals surface area contributed by atoms with Gasteiger partial charge in [-0.2, -0.15) is 11.8 Å². The van der Waals surface area contributed by atoms with Crippen LogP contribution in [0.15, 0.2) is 22.7 Å². The van der Waals surface area contributed by atoms with Gasteiger partial charge in [-0.05, 0) is 48.5 Å². The Morgan fingerprint density at radius 3 is 3.16 bits per heavy atom. The number of fused-ring (bicyclic) bond motifs is 1. The zero-order valence-electron chi connectivity index (χ0n) is 11.0. The summed E-state index contributed by atoms with van der Waals surface area (Å²) in [4.78, 5) is 12.0. The predicted molar refractivity (Wildman–Crippen MR) is 84.3 cm³/mol. The standard InChI is InChI=1S/C14H19BrN2OS/c1-19-8-7-12(16)14(18)17-13-6-5-9-10(13)3-2-4-11(9)15/h2-4,12-13H,5-8,16H2,1H3,(H,17,18)/t12-,13?/m0/s1. The molecule has 0 heterocycles. The summed E-state index contributed by atoms with van der Waals surface area (Å²) in [5, 5.41) is 3.08. The third kappa shape index (κ3) is 3.52. The van der Waals surface area contributed by atoms with E-state index in [1.54, 1.807) is 11.8 Å². The van der Waals surface area contributed by atoms with Crippen LogP contribution in [0, 0.1) is 0 Å². The van der Waals surface area contributed by atoms with Gasteiger partial charge in [-0.3, -0.25) is 4.79 Å². The molecule has 0 aliphatic heterocycles. The first kappa shape index (κ1) is 14.9. The van der Waals surface area contributed by atoms with Crippen LogP contribution in [0.5, 0.6) is 0 Å². The molecule has 1 aliphatic rings. The van der Waals surface area contributed by atoms with Gasteiger partial charge < -0.3 is 11.1 Å². The van der Waals surface area contributed by atoms with Crippen LogP contribution in [0.3, 0.4) is 0 Å². The molecule has 0 aromatic heterocycles. The fourth-order valence-corrected chi connectivity index (χ4v) is 3.48. The number of thioether (sulfide) groups is 1. The second-order valence-electron chi connectivity index (χ2n) is 4.80. The maximum absolute atomic E-state index is 12.0. The van der Waals surface area contributed by atoms with Crippen molar-refractivity contribution in [2.75, 3.05) is 12.0 Å². The number of hydrogen-bond acceptors (Lipinski definition) is 3. The summed E-state index contributed by atoms with van der Waals surface area (Å²) in [5.41, 5.74) is 8.43. The van der Waals surface area contributed by atoms with Crippen molar-refractivity contribution in [2.24, 2.45) is 5.73 Å². The van der Waals surface area contributed by atoms with Crippen molar-refractivity contribution in [2.45, 2.75) is 31.3 Å². The minimum atomic E-state index is -0.399.